The Labute approximate surface area is 299 Å². The van der Waals surface area contributed by atoms with Crippen LogP contribution in [-0.2, 0) is 29.7 Å². The van der Waals surface area contributed by atoms with E-state index in [4.69, 9.17) is 18.5 Å². The third-order valence-electron chi connectivity index (χ3n) is 11.1. The lowest BCUT2D eigenvalue weighted by Crippen LogP contribution is -2.58. The number of benzene rings is 1. The lowest BCUT2D eigenvalue weighted by atomic mass is 9.79. The zero-order valence-corrected chi connectivity index (χ0v) is 31.9. The van der Waals surface area contributed by atoms with Crippen molar-refractivity contribution in [3.63, 3.8) is 0 Å². The summed E-state index contributed by atoms with van der Waals surface area (Å²) in [5.41, 5.74) is 2.12. The number of allylic oxidation sites excluding steroid dienone is 3. The van der Waals surface area contributed by atoms with Crippen LogP contribution >= 0.6 is 7.82 Å². The minimum Gasteiger partial charge on any atom is -0.379 e. The molecule has 7 nitrogen and oxygen atoms in total. The minimum atomic E-state index is -4.29. The van der Waals surface area contributed by atoms with Gasteiger partial charge in [0.1, 0.15) is 11.8 Å². The first-order valence-corrected chi connectivity index (χ1v) is 21.4. The number of ether oxygens (including phenoxy) is 2. The Bertz CT molecular complexity index is 1140. The normalized spacial score (nSPS) is 25.3. The van der Waals surface area contributed by atoms with Crippen molar-refractivity contribution in [1.82, 2.24) is 0 Å². The van der Waals surface area contributed by atoms with E-state index in [0.29, 0.717) is 19.8 Å². The van der Waals surface area contributed by atoms with Crippen LogP contribution in [0.5, 0.6) is 0 Å². The van der Waals surface area contributed by atoms with Crippen molar-refractivity contribution in [2.24, 2.45) is 11.3 Å². The van der Waals surface area contributed by atoms with E-state index in [1.165, 1.54) is 122 Å². The van der Waals surface area contributed by atoms with Gasteiger partial charge in [-0.15, -0.1) is 0 Å². The number of nitrogens with zero attached hydrogens (tertiary/aromatic N) is 1. The van der Waals surface area contributed by atoms with E-state index in [2.05, 4.69) is 32.1 Å². The van der Waals surface area contributed by atoms with Crippen molar-refractivity contribution in [3.05, 3.63) is 59.8 Å². The van der Waals surface area contributed by atoms with Crippen molar-refractivity contribution >= 4 is 7.82 Å². The third-order valence-corrected chi connectivity index (χ3v) is 12.1. The monoisotopic (exact) mass is 702 g/mol. The Kier molecular flexibility index (Phi) is 18.1. The number of rotatable bonds is 27. The summed E-state index contributed by atoms with van der Waals surface area (Å²) in [7, 11) is -4.29. The maximum Gasteiger partial charge on any atom is 0.472 e. The Morgan fingerprint density at radius 2 is 1.43 bits per heavy atom. The molecule has 278 valence electrons. The van der Waals surface area contributed by atoms with Gasteiger partial charge in [-0.2, -0.15) is 0 Å². The minimum absolute atomic E-state index is 0.0712. The van der Waals surface area contributed by atoms with Gasteiger partial charge in [0, 0.05) is 37.7 Å². The van der Waals surface area contributed by atoms with Crippen molar-refractivity contribution in [2.45, 2.75) is 142 Å². The molecule has 0 radical (unpaired) electrons. The summed E-state index contributed by atoms with van der Waals surface area (Å²) in [5, 5.41) is 0. The van der Waals surface area contributed by atoms with Crippen molar-refractivity contribution < 1.29 is 32.5 Å². The van der Waals surface area contributed by atoms with Gasteiger partial charge in [0.2, 0.25) is 0 Å². The molecule has 0 spiro atoms. The van der Waals surface area contributed by atoms with Crippen LogP contribution in [-0.4, -0.2) is 61.5 Å². The lowest BCUT2D eigenvalue weighted by Gasteiger charge is -2.51. The molecule has 5 rings (SSSR count). The average molecular weight is 703 g/mol. The third kappa shape index (κ3) is 15.1. The Morgan fingerprint density at radius 3 is 2.04 bits per heavy atom. The molecule has 0 amide bonds. The zero-order chi connectivity index (χ0) is 34.7. The summed E-state index contributed by atoms with van der Waals surface area (Å²) < 4.78 is 37.4. The molecular formula is C41H69NO6P+. The number of hydrogen-bond acceptors (Lipinski definition) is 5. The summed E-state index contributed by atoms with van der Waals surface area (Å²) in [5.74, 6) is 0.904. The van der Waals surface area contributed by atoms with Gasteiger partial charge in [0.15, 0.2) is 0 Å². The highest BCUT2D eigenvalue weighted by molar-refractivity contribution is 7.47. The van der Waals surface area contributed by atoms with Crippen LogP contribution < -0.4 is 0 Å². The van der Waals surface area contributed by atoms with E-state index < -0.39 is 13.9 Å². The maximum atomic E-state index is 13.1. The number of phosphoric acid groups is 1. The number of unbranched alkanes of at least 4 members (excludes halogenated alkanes) is 13. The fourth-order valence-corrected chi connectivity index (χ4v) is 8.71. The van der Waals surface area contributed by atoms with Crippen molar-refractivity contribution in [2.75, 3.05) is 46.1 Å². The Hall–Kier alpha value is -1.31. The molecule has 3 heterocycles. The predicted molar refractivity (Wildman–Crippen MR) is 200 cm³/mol. The van der Waals surface area contributed by atoms with Gasteiger partial charge in [0.25, 0.3) is 0 Å². The van der Waals surface area contributed by atoms with Crippen LogP contribution in [0.1, 0.15) is 135 Å². The molecule has 1 aliphatic carbocycles. The van der Waals surface area contributed by atoms with Gasteiger partial charge in [-0.25, -0.2) is 4.57 Å². The quantitative estimate of drug-likeness (QED) is 0.0559. The standard InChI is InChI=1S/C41H68NO6P/c1-3-4-5-6-7-8-9-10-11-12-13-14-15-19-31-45-34-40(46-33-38-21-17-16-18-22-38)35-47-49(43,44)48-36-41(2)27-20-23-39(32-41)42-28-24-37(25-29-42)26-30-42/h16-18,20-23,27,37,40H,3-15,19,24-26,28-36H2,1-2H3/p+1. The smallest absolute Gasteiger partial charge is 0.379 e. The molecule has 3 aliphatic heterocycles. The molecule has 8 heteroatoms. The summed E-state index contributed by atoms with van der Waals surface area (Å²) in [6.07, 6.45) is 29.3. The second-order valence-electron chi connectivity index (χ2n) is 15.5. The lowest BCUT2D eigenvalue weighted by molar-refractivity contribution is -0.909. The van der Waals surface area contributed by atoms with E-state index in [1.807, 2.05) is 30.3 Å². The molecule has 0 saturated carbocycles. The van der Waals surface area contributed by atoms with E-state index in [0.717, 1.165) is 35.2 Å². The molecule has 1 aromatic rings. The highest BCUT2D eigenvalue weighted by Gasteiger charge is 2.45. The van der Waals surface area contributed by atoms with Crippen molar-refractivity contribution in [1.29, 1.82) is 0 Å². The number of fused-ring (bicyclic) bond motifs is 3. The Balaban J connectivity index is 1.11. The topological polar surface area (TPSA) is 74.2 Å². The summed E-state index contributed by atoms with van der Waals surface area (Å²) >= 11 is 0. The van der Waals surface area contributed by atoms with Gasteiger partial charge in [-0.05, 0) is 24.0 Å². The first kappa shape index (κ1) is 40.5. The second kappa shape index (κ2) is 21.9. The van der Waals surface area contributed by atoms with Crippen LogP contribution in [0.2, 0.25) is 0 Å². The van der Waals surface area contributed by atoms with Gasteiger partial charge in [-0.3, -0.25) is 13.5 Å². The number of quaternary nitrogens is 1. The average Bonchev–Trinajstić information content (AvgIpc) is 3.13. The summed E-state index contributed by atoms with van der Waals surface area (Å²) in [6, 6.07) is 9.94. The molecule has 1 aromatic carbocycles. The molecule has 2 bridgehead atoms. The van der Waals surface area contributed by atoms with Gasteiger partial charge < -0.3 is 14.4 Å². The highest BCUT2D eigenvalue weighted by atomic mass is 31.2. The fourth-order valence-electron chi connectivity index (χ4n) is 7.83. The van der Waals surface area contributed by atoms with Gasteiger partial charge in [0.05, 0.1) is 46.1 Å². The van der Waals surface area contributed by atoms with Crippen LogP contribution in [0.25, 0.3) is 0 Å². The molecule has 3 unspecified atom stereocenters. The molecule has 4 aliphatic rings. The molecule has 1 N–H and O–H groups in total. The second-order valence-corrected chi connectivity index (χ2v) is 17.0. The molecule has 49 heavy (non-hydrogen) atoms. The van der Waals surface area contributed by atoms with Gasteiger partial charge in [-0.1, -0.05) is 140 Å². The van der Waals surface area contributed by atoms with E-state index in [-0.39, 0.29) is 18.6 Å². The largest absolute Gasteiger partial charge is 0.472 e. The van der Waals surface area contributed by atoms with Crippen LogP contribution in [0.3, 0.4) is 0 Å². The molecule has 3 fully saturated rings. The Morgan fingerprint density at radius 1 is 0.837 bits per heavy atom. The molecular weight excluding hydrogens is 633 g/mol. The maximum absolute atomic E-state index is 13.1. The number of phosphoric ester groups is 1. The van der Waals surface area contributed by atoms with E-state index in [9.17, 15) is 9.46 Å². The summed E-state index contributed by atoms with van der Waals surface area (Å²) in [4.78, 5) is 10.7. The number of piperidine rings is 3. The number of hydrogen-bond donors (Lipinski definition) is 1. The van der Waals surface area contributed by atoms with Crippen LogP contribution in [0.4, 0.5) is 0 Å². The highest BCUT2D eigenvalue weighted by Crippen LogP contribution is 2.48. The van der Waals surface area contributed by atoms with E-state index >= 15 is 0 Å². The zero-order valence-electron chi connectivity index (χ0n) is 31.0. The summed E-state index contributed by atoms with van der Waals surface area (Å²) in [6.45, 7) is 9.44. The van der Waals surface area contributed by atoms with Crippen LogP contribution in [0, 0.1) is 11.3 Å². The van der Waals surface area contributed by atoms with E-state index in [1.54, 1.807) is 0 Å². The van der Waals surface area contributed by atoms with Gasteiger partial charge >= 0.3 is 7.82 Å². The first-order valence-electron chi connectivity index (χ1n) is 19.9. The molecule has 0 aromatic heterocycles. The van der Waals surface area contributed by atoms with Crippen molar-refractivity contribution in [3.8, 4) is 0 Å². The molecule has 3 atom stereocenters. The first-order chi connectivity index (χ1) is 23.8. The van der Waals surface area contributed by atoms with Crippen LogP contribution in [0.15, 0.2) is 54.3 Å². The predicted octanol–water partition coefficient (Wildman–Crippen LogP) is 10.7. The SMILES string of the molecule is CCCCCCCCCCCCCCCCOCC(COP(=O)(O)OCC1(C)C=CC=C([N+]23CCC(CC2)CC3)C1)OCc1ccccc1. The molecule has 3 saturated heterocycles. The fraction of sp³-hybridized carbons (Fsp3) is 0.756.